The highest BCUT2D eigenvalue weighted by molar-refractivity contribution is 6.30. The lowest BCUT2D eigenvalue weighted by molar-refractivity contribution is -0.204. The largest absolute Gasteiger partial charge is 0.457 e. The van der Waals surface area contributed by atoms with Crippen LogP contribution in [0.15, 0.2) is 42.5 Å². The predicted octanol–water partition coefficient (Wildman–Crippen LogP) is 5.20. The first-order valence-corrected chi connectivity index (χ1v) is 15.3. The summed E-state index contributed by atoms with van der Waals surface area (Å²) in [4.78, 5) is 26.4. The number of esters is 2. The monoisotopic (exact) mass is 657 g/mol. The van der Waals surface area contributed by atoms with E-state index in [0.29, 0.717) is 31.2 Å². The number of unbranched alkanes of at least 4 members (excludes halogenated alkanes) is 2. The molecule has 0 spiro atoms. The van der Waals surface area contributed by atoms with E-state index in [-0.39, 0.29) is 56.4 Å². The van der Waals surface area contributed by atoms with E-state index in [9.17, 15) is 14.7 Å². The molecule has 0 aromatic heterocycles. The summed E-state index contributed by atoms with van der Waals surface area (Å²) >= 11 is 6.04. The predicted molar refractivity (Wildman–Crippen MR) is 169 cm³/mol. The van der Waals surface area contributed by atoms with Crippen LogP contribution in [0, 0.1) is 0 Å². The van der Waals surface area contributed by atoms with Gasteiger partial charge >= 0.3 is 17.7 Å². The summed E-state index contributed by atoms with van der Waals surface area (Å²) in [6, 6.07) is 12.3. The van der Waals surface area contributed by atoms with Crippen LogP contribution in [0.3, 0.4) is 0 Å². The first-order valence-electron chi connectivity index (χ1n) is 15.0. The fourth-order valence-corrected chi connectivity index (χ4v) is 4.47. The Balaban J connectivity index is 0.00000675. The number of halogens is 2. The molecule has 2 aromatic rings. The van der Waals surface area contributed by atoms with Crippen LogP contribution in [0.2, 0.25) is 5.02 Å². The van der Waals surface area contributed by atoms with Gasteiger partial charge in [0.2, 0.25) is 0 Å². The second kappa shape index (κ2) is 19.7. The van der Waals surface area contributed by atoms with Crippen molar-refractivity contribution >= 4 is 35.9 Å². The molecule has 0 saturated carbocycles. The number of fused-ring (bicyclic) bond motifs is 1. The minimum Gasteiger partial charge on any atom is -0.457 e. The van der Waals surface area contributed by atoms with E-state index in [1.807, 2.05) is 19.1 Å². The first-order chi connectivity index (χ1) is 20.8. The van der Waals surface area contributed by atoms with Crippen molar-refractivity contribution in [2.75, 3.05) is 46.2 Å². The van der Waals surface area contributed by atoms with Gasteiger partial charge in [0, 0.05) is 30.8 Å². The molecule has 1 aliphatic rings. The molecule has 0 amide bonds. The molecule has 2 unspecified atom stereocenters. The van der Waals surface area contributed by atoms with Crippen molar-refractivity contribution < 1.29 is 43.1 Å². The Hall–Kier alpha value is -2.60. The first kappa shape index (κ1) is 37.6. The van der Waals surface area contributed by atoms with Gasteiger partial charge in [-0.25, -0.2) is 9.59 Å². The van der Waals surface area contributed by atoms with E-state index in [2.05, 4.69) is 19.2 Å². The van der Waals surface area contributed by atoms with Crippen molar-refractivity contribution in [2.45, 2.75) is 70.8 Å². The normalized spacial score (nSPS) is 14.4. The van der Waals surface area contributed by atoms with E-state index in [4.69, 9.17) is 40.0 Å². The van der Waals surface area contributed by atoms with Crippen molar-refractivity contribution in [1.82, 2.24) is 5.32 Å². The summed E-state index contributed by atoms with van der Waals surface area (Å²) in [5, 5.41) is 14.4. The molecule has 12 heteroatoms. The van der Waals surface area contributed by atoms with Gasteiger partial charge in [0.1, 0.15) is 13.2 Å². The molecule has 3 rings (SSSR count). The highest BCUT2D eigenvalue weighted by atomic mass is 35.5. The highest BCUT2D eigenvalue weighted by Crippen LogP contribution is 2.41. The van der Waals surface area contributed by atoms with Crippen LogP contribution in [0.5, 0.6) is 11.5 Å². The topological polar surface area (TPSA) is 122 Å². The number of aliphatic hydroxyl groups excluding tert-OH is 1. The Morgan fingerprint density at radius 1 is 0.886 bits per heavy atom. The maximum Gasteiger partial charge on any atom is 0.453 e. The molecule has 44 heavy (non-hydrogen) atoms. The Morgan fingerprint density at radius 3 is 2.09 bits per heavy atom. The minimum atomic E-state index is -2.43. The SMILES string of the molecule is CCCCOCCOC(=O)C1(C(=O)OCCOCCCC)Oc2ccc(CC(C)NCC(O)c3cccc(Cl)c3)cc2O1.Cl. The van der Waals surface area contributed by atoms with Crippen molar-refractivity contribution in [1.29, 1.82) is 0 Å². The Kier molecular flexibility index (Phi) is 16.8. The van der Waals surface area contributed by atoms with Crippen LogP contribution in [0.4, 0.5) is 0 Å². The molecule has 0 saturated heterocycles. The van der Waals surface area contributed by atoms with Crippen molar-refractivity contribution in [3.8, 4) is 11.5 Å². The van der Waals surface area contributed by atoms with Gasteiger partial charge in [0.15, 0.2) is 11.5 Å². The molecule has 1 heterocycles. The lowest BCUT2D eigenvalue weighted by atomic mass is 10.1. The minimum absolute atomic E-state index is 0. The van der Waals surface area contributed by atoms with Gasteiger partial charge in [-0.2, -0.15) is 0 Å². The smallest absolute Gasteiger partial charge is 0.453 e. The summed E-state index contributed by atoms with van der Waals surface area (Å²) in [5.74, 6) is -4.04. The molecule has 10 nitrogen and oxygen atoms in total. The maximum atomic E-state index is 13.2. The number of carbonyl (C=O) groups is 2. The summed E-state index contributed by atoms with van der Waals surface area (Å²) in [7, 11) is 0. The average Bonchev–Trinajstić information content (AvgIpc) is 3.39. The second-order valence-corrected chi connectivity index (χ2v) is 10.8. The molecular weight excluding hydrogens is 613 g/mol. The number of hydrogen-bond donors (Lipinski definition) is 2. The Bertz CT molecular complexity index is 1140. The van der Waals surface area contributed by atoms with Gasteiger partial charge in [-0.15, -0.1) is 12.4 Å². The van der Waals surface area contributed by atoms with Gasteiger partial charge in [0.05, 0.1) is 19.3 Å². The third kappa shape index (κ3) is 11.4. The summed E-state index contributed by atoms with van der Waals surface area (Å²) < 4.78 is 33.2. The number of carbonyl (C=O) groups excluding carboxylic acids is 2. The highest BCUT2D eigenvalue weighted by Gasteiger charge is 2.59. The van der Waals surface area contributed by atoms with Crippen molar-refractivity contribution in [3.05, 3.63) is 58.6 Å². The standard InChI is InChI=1S/C32H44ClNO9.ClH/c1-4-6-13-38-15-17-40-30(36)32(31(37)41-18-16-39-14-7-5-2)42-28-12-11-24(20-29(28)43-32)19-23(3)34-22-27(35)25-9-8-10-26(33)21-25;/h8-12,20-21,23,27,34-35H,4-7,13-19,22H2,1-3H3;1H. The number of nitrogens with one attached hydrogen (secondary N) is 1. The number of rotatable bonds is 20. The Labute approximate surface area is 271 Å². The fraction of sp³-hybridized carbons (Fsp3) is 0.562. The molecule has 246 valence electrons. The zero-order valence-electron chi connectivity index (χ0n) is 25.7. The maximum absolute atomic E-state index is 13.2. The van der Waals surface area contributed by atoms with E-state index < -0.39 is 23.8 Å². The van der Waals surface area contributed by atoms with Gasteiger partial charge < -0.3 is 38.8 Å². The number of aliphatic hydroxyl groups is 1. The lowest BCUT2D eigenvalue weighted by Crippen LogP contribution is -2.56. The summed E-state index contributed by atoms with van der Waals surface area (Å²) in [5.41, 5.74) is 1.59. The quantitative estimate of drug-likeness (QED) is 0.112. The van der Waals surface area contributed by atoms with Crippen molar-refractivity contribution in [3.63, 3.8) is 0 Å². The molecule has 2 N–H and O–H groups in total. The van der Waals surface area contributed by atoms with E-state index in [1.54, 1.807) is 30.3 Å². The van der Waals surface area contributed by atoms with E-state index in [0.717, 1.165) is 36.8 Å². The molecule has 1 aliphatic heterocycles. The molecule has 2 atom stereocenters. The molecular formula is C32H45Cl2NO9. The van der Waals surface area contributed by atoms with Gasteiger partial charge in [0.25, 0.3) is 0 Å². The number of hydrogen-bond acceptors (Lipinski definition) is 10. The molecule has 0 radical (unpaired) electrons. The molecule has 0 bridgehead atoms. The van der Waals surface area contributed by atoms with E-state index in [1.165, 1.54) is 0 Å². The lowest BCUT2D eigenvalue weighted by Gasteiger charge is -2.23. The molecule has 2 aromatic carbocycles. The fourth-order valence-electron chi connectivity index (χ4n) is 4.27. The number of benzene rings is 2. The van der Waals surface area contributed by atoms with Gasteiger partial charge in [-0.3, -0.25) is 0 Å². The summed E-state index contributed by atoms with van der Waals surface area (Å²) in [6.45, 7) is 7.72. The average molecular weight is 659 g/mol. The van der Waals surface area contributed by atoms with E-state index >= 15 is 0 Å². The van der Waals surface area contributed by atoms with Crippen LogP contribution in [0.1, 0.15) is 63.7 Å². The second-order valence-electron chi connectivity index (χ2n) is 10.4. The van der Waals surface area contributed by atoms with Crippen LogP contribution < -0.4 is 14.8 Å². The zero-order chi connectivity index (χ0) is 31.1. The zero-order valence-corrected chi connectivity index (χ0v) is 27.3. The third-order valence-electron chi connectivity index (χ3n) is 6.69. The third-order valence-corrected chi connectivity index (χ3v) is 6.93. The van der Waals surface area contributed by atoms with Gasteiger partial charge in [-0.05, 0) is 61.6 Å². The summed E-state index contributed by atoms with van der Waals surface area (Å²) in [6.07, 6.45) is 3.61. The Morgan fingerprint density at radius 2 is 1.50 bits per heavy atom. The van der Waals surface area contributed by atoms with Gasteiger partial charge in [-0.1, -0.05) is 56.5 Å². The van der Waals surface area contributed by atoms with Crippen LogP contribution in [-0.4, -0.2) is 75.1 Å². The van der Waals surface area contributed by atoms with Crippen LogP contribution in [-0.2, 0) is 35.0 Å². The molecule has 0 fully saturated rings. The van der Waals surface area contributed by atoms with Crippen LogP contribution in [0.25, 0.3) is 0 Å². The molecule has 0 aliphatic carbocycles. The van der Waals surface area contributed by atoms with Crippen molar-refractivity contribution in [2.24, 2.45) is 0 Å². The van der Waals surface area contributed by atoms with Crippen LogP contribution >= 0.6 is 24.0 Å². The number of ether oxygens (including phenoxy) is 6.